The van der Waals surface area contributed by atoms with E-state index < -0.39 is 17.4 Å². The quantitative estimate of drug-likeness (QED) is 0.668. The average molecular weight is 288 g/mol. The standard InChI is InChI=1S/C15H16N2O4/c1-15(13(18)19,14(20)21-2)10-11-8-9-17(16-11)12-6-4-3-5-7-12/h3-9H,10H2,1-2H3,(H,18,19). The summed E-state index contributed by atoms with van der Waals surface area (Å²) in [5.41, 5.74) is -0.280. The number of carboxylic acids is 1. The van der Waals surface area contributed by atoms with E-state index in [1.165, 1.54) is 14.0 Å². The summed E-state index contributed by atoms with van der Waals surface area (Å²) in [6.45, 7) is 1.34. The molecule has 0 saturated heterocycles. The molecular weight excluding hydrogens is 272 g/mol. The average Bonchev–Trinajstić information content (AvgIpc) is 2.95. The van der Waals surface area contributed by atoms with Gasteiger partial charge in [0.2, 0.25) is 0 Å². The van der Waals surface area contributed by atoms with Gasteiger partial charge < -0.3 is 9.84 Å². The van der Waals surface area contributed by atoms with Crippen LogP contribution in [0.1, 0.15) is 12.6 Å². The van der Waals surface area contributed by atoms with Crippen LogP contribution in [0.3, 0.4) is 0 Å². The molecule has 0 bridgehead atoms. The Morgan fingerprint density at radius 3 is 2.52 bits per heavy atom. The lowest BCUT2D eigenvalue weighted by Gasteiger charge is -2.20. The number of methoxy groups -OCH3 is 1. The first-order valence-electron chi connectivity index (χ1n) is 6.39. The number of rotatable bonds is 5. The van der Waals surface area contributed by atoms with Crippen molar-refractivity contribution in [3.8, 4) is 5.69 Å². The highest BCUT2D eigenvalue weighted by atomic mass is 16.5. The third-order valence-corrected chi connectivity index (χ3v) is 3.31. The molecule has 0 radical (unpaired) electrons. The molecule has 0 amide bonds. The van der Waals surface area contributed by atoms with Crippen LogP contribution in [0, 0.1) is 5.41 Å². The smallest absolute Gasteiger partial charge is 0.323 e. The Balaban J connectivity index is 2.26. The molecule has 1 atom stereocenters. The normalized spacial score (nSPS) is 13.4. The zero-order valence-electron chi connectivity index (χ0n) is 11.8. The Kier molecular flexibility index (Phi) is 4.07. The maximum atomic E-state index is 11.7. The summed E-state index contributed by atoms with van der Waals surface area (Å²) < 4.78 is 6.22. The van der Waals surface area contributed by atoms with Crippen molar-refractivity contribution in [2.45, 2.75) is 13.3 Å². The molecule has 0 fully saturated rings. The maximum absolute atomic E-state index is 11.7. The van der Waals surface area contributed by atoms with Crippen LogP contribution in [0.5, 0.6) is 0 Å². The minimum absolute atomic E-state index is 0.0329. The SMILES string of the molecule is COC(=O)C(C)(Cc1ccn(-c2ccccc2)n1)C(=O)O. The summed E-state index contributed by atoms with van der Waals surface area (Å²) in [6.07, 6.45) is 1.69. The Labute approximate surface area is 122 Å². The molecule has 2 aromatic rings. The first kappa shape index (κ1) is 14.8. The van der Waals surface area contributed by atoms with Crippen molar-refractivity contribution >= 4 is 11.9 Å². The second-order valence-electron chi connectivity index (χ2n) is 4.89. The second-order valence-corrected chi connectivity index (χ2v) is 4.89. The summed E-state index contributed by atoms with van der Waals surface area (Å²) in [5, 5.41) is 13.6. The second kappa shape index (κ2) is 5.78. The number of benzene rings is 1. The number of hydrogen-bond acceptors (Lipinski definition) is 4. The van der Waals surface area contributed by atoms with Gasteiger partial charge in [0.05, 0.1) is 18.5 Å². The van der Waals surface area contributed by atoms with Gasteiger partial charge in [-0.2, -0.15) is 5.10 Å². The number of carboxylic acid groups (broad SMARTS) is 1. The van der Waals surface area contributed by atoms with Gasteiger partial charge in [0.1, 0.15) is 0 Å². The van der Waals surface area contributed by atoms with E-state index in [0.29, 0.717) is 5.69 Å². The first-order valence-corrected chi connectivity index (χ1v) is 6.39. The Bertz CT molecular complexity index is 651. The minimum atomic E-state index is -1.65. The van der Waals surface area contributed by atoms with Gasteiger partial charge in [0.25, 0.3) is 0 Å². The predicted octanol–water partition coefficient (Wildman–Crippen LogP) is 1.68. The summed E-state index contributed by atoms with van der Waals surface area (Å²) in [5.74, 6) is -2.02. The van der Waals surface area contributed by atoms with Gasteiger partial charge in [-0.3, -0.25) is 9.59 Å². The molecule has 21 heavy (non-hydrogen) atoms. The molecule has 1 aromatic heterocycles. The van der Waals surface area contributed by atoms with Crippen molar-refractivity contribution in [2.24, 2.45) is 5.41 Å². The number of aliphatic carboxylic acids is 1. The van der Waals surface area contributed by atoms with Crippen molar-refractivity contribution in [3.05, 3.63) is 48.3 Å². The van der Waals surface area contributed by atoms with Crippen molar-refractivity contribution in [1.29, 1.82) is 0 Å². The van der Waals surface area contributed by atoms with Crippen LogP contribution < -0.4 is 0 Å². The molecule has 1 unspecified atom stereocenters. The number of para-hydroxylation sites is 1. The molecule has 110 valence electrons. The van der Waals surface area contributed by atoms with E-state index in [2.05, 4.69) is 9.84 Å². The van der Waals surface area contributed by atoms with Crippen molar-refractivity contribution in [1.82, 2.24) is 9.78 Å². The van der Waals surface area contributed by atoms with Crippen LogP contribution in [0.15, 0.2) is 42.6 Å². The first-order chi connectivity index (χ1) is 9.97. The Morgan fingerprint density at radius 2 is 1.95 bits per heavy atom. The number of carbonyl (C=O) groups excluding carboxylic acids is 1. The Hall–Kier alpha value is -2.63. The van der Waals surface area contributed by atoms with Crippen molar-refractivity contribution in [3.63, 3.8) is 0 Å². The predicted molar refractivity (Wildman–Crippen MR) is 75.0 cm³/mol. The molecule has 0 saturated carbocycles. The van der Waals surface area contributed by atoms with E-state index in [4.69, 9.17) is 0 Å². The van der Waals surface area contributed by atoms with Gasteiger partial charge in [-0.15, -0.1) is 0 Å². The van der Waals surface area contributed by atoms with E-state index in [9.17, 15) is 14.7 Å². The van der Waals surface area contributed by atoms with E-state index in [-0.39, 0.29) is 6.42 Å². The van der Waals surface area contributed by atoms with Gasteiger partial charge in [-0.05, 0) is 25.1 Å². The third kappa shape index (κ3) is 2.94. The fraction of sp³-hybridized carbons (Fsp3) is 0.267. The van der Waals surface area contributed by atoms with Crippen molar-refractivity contribution < 1.29 is 19.4 Å². The zero-order chi connectivity index (χ0) is 15.5. The van der Waals surface area contributed by atoms with Crippen molar-refractivity contribution in [2.75, 3.05) is 7.11 Å². The van der Waals surface area contributed by atoms with E-state index >= 15 is 0 Å². The van der Waals surface area contributed by atoms with Gasteiger partial charge >= 0.3 is 11.9 Å². The molecular formula is C15H16N2O4. The highest BCUT2D eigenvalue weighted by molar-refractivity contribution is 5.98. The lowest BCUT2D eigenvalue weighted by atomic mass is 9.85. The van der Waals surface area contributed by atoms with E-state index in [1.807, 2.05) is 30.3 Å². The van der Waals surface area contributed by atoms with Gasteiger partial charge in [0.15, 0.2) is 5.41 Å². The van der Waals surface area contributed by atoms with Crippen LogP contribution in [0.25, 0.3) is 5.69 Å². The monoisotopic (exact) mass is 288 g/mol. The van der Waals surface area contributed by atoms with Crippen LogP contribution >= 0.6 is 0 Å². The Morgan fingerprint density at radius 1 is 1.29 bits per heavy atom. The van der Waals surface area contributed by atoms with Crippen LogP contribution in [-0.4, -0.2) is 33.9 Å². The van der Waals surface area contributed by atoms with Gasteiger partial charge in [-0.1, -0.05) is 18.2 Å². The molecule has 0 aliphatic rings. The number of esters is 1. The minimum Gasteiger partial charge on any atom is -0.480 e. The highest BCUT2D eigenvalue weighted by Gasteiger charge is 2.43. The zero-order valence-corrected chi connectivity index (χ0v) is 11.8. The summed E-state index contributed by atoms with van der Waals surface area (Å²) >= 11 is 0. The molecule has 6 heteroatoms. The number of hydrogen-bond donors (Lipinski definition) is 1. The topological polar surface area (TPSA) is 81.4 Å². The molecule has 1 aromatic carbocycles. The van der Waals surface area contributed by atoms with Crippen LogP contribution in [0.4, 0.5) is 0 Å². The molecule has 0 aliphatic carbocycles. The lowest BCUT2D eigenvalue weighted by Crippen LogP contribution is -2.39. The van der Waals surface area contributed by atoms with Crippen LogP contribution in [-0.2, 0) is 20.7 Å². The molecule has 1 heterocycles. The van der Waals surface area contributed by atoms with Gasteiger partial charge in [0, 0.05) is 12.6 Å². The number of nitrogens with zero attached hydrogens (tertiary/aromatic N) is 2. The molecule has 1 N–H and O–H groups in total. The largest absolute Gasteiger partial charge is 0.480 e. The summed E-state index contributed by atoms with van der Waals surface area (Å²) in [4.78, 5) is 23.1. The van der Waals surface area contributed by atoms with Gasteiger partial charge in [-0.25, -0.2) is 4.68 Å². The van der Waals surface area contributed by atoms with Crippen LogP contribution in [0.2, 0.25) is 0 Å². The van der Waals surface area contributed by atoms with E-state index in [0.717, 1.165) is 5.69 Å². The lowest BCUT2D eigenvalue weighted by molar-refractivity contribution is -0.165. The number of carbonyl (C=O) groups is 2. The fourth-order valence-corrected chi connectivity index (χ4v) is 2.00. The molecule has 0 aliphatic heterocycles. The maximum Gasteiger partial charge on any atom is 0.323 e. The molecule has 0 spiro atoms. The van der Waals surface area contributed by atoms with E-state index in [1.54, 1.807) is 16.9 Å². The summed E-state index contributed by atoms with van der Waals surface area (Å²) in [6, 6.07) is 11.1. The summed E-state index contributed by atoms with van der Waals surface area (Å²) in [7, 11) is 1.17. The molecule has 2 rings (SSSR count). The third-order valence-electron chi connectivity index (χ3n) is 3.31. The molecule has 6 nitrogen and oxygen atoms in total. The fourth-order valence-electron chi connectivity index (χ4n) is 2.00. The number of aromatic nitrogens is 2. The number of ether oxygens (including phenoxy) is 1. The highest BCUT2D eigenvalue weighted by Crippen LogP contribution is 2.24.